The lowest BCUT2D eigenvalue weighted by atomic mass is 10.3. The molecule has 0 saturated carbocycles. The maximum absolute atomic E-state index is 6.11. The molecule has 0 amide bonds. The van der Waals surface area contributed by atoms with E-state index < -0.39 is 0 Å². The zero-order valence-electron chi connectivity index (χ0n) is 12.2. The molecule has 0 saturated heterocycles. The molecule has 0 bridgehead atoms. The van der Waals surface area contributed by atoms with Crippen molar-refractivity contribution >= 4 is 17.2 Å². The number of nitrogens with zero attached hydrogens (tertiary/aromatic N) is 4. The molecule has 0 aliphatic carbocycles. The lowest BCUT2D eigenvalue weighted by Crippen LogP contribution is -2.08. The average molecular weight is 262 g/mol. The minimum Gasteiger partial charge on any atom is -0.394 e. The summed E-state index contributed by atoms with van der Waals surface area (Å²) in [6, 6.07) is 0.250. The third-order valence-electron chi connectivity index (χ3n) is 3.11. The zero-order chi connectivity index (χ0) is 14.2. The van der Waals surface area contributed by atoms with Gasteiger partial charge in [-0.15, -0.1) is 0 Å². The first kappa shape index (κ1) is 13.5. The van der Waals surface area contributed by atoms with Crippen molar-refractivity contribution in [2.45, 2.75) is 40.2 Å². The molecule has 2 rings (SSSR count). The van der Waals surface area contributed by atoms with Gasteiger partial charge in [-0.1, -0.05) is 6.92 Å². The molecule has 0 spiro atoms. The third kappa shape index (κ3) is 2.43. The van der Waals surface area contributed by atoms with Crippen LogP contribution < -0.4 is 11.1 Å². The van der Waals surface area contributed by atoms with Gasteiger partial charge in [0, 0.05) is 19.3 Å². The Labute approximate surface area is 113 Å². The fourth-order valence-corrected chi connectivity index (χ4v) is 2.09. The predicted octanol–water partition coefficient (Wildman–Crippen LogP) is 2.39. The minimum absolute atomic E-state index is 0.250. The van der Waals surface area contributed by atoms with Crippen molar-refractivity contribution in [1.29, 1.82) is 0 Å². The van der Waals surface area contributed by atoms with Gasteiger partial charge in [-0.05, 0) is 27.2 Å². The van der Waals surface area contributed by atoms with Crippen molar-refractivity contribution in [2.24, 2.45) is 7.05 Å². The van der Waals surface area contributed by atoms with E-state index in [2.05, 4.69) is 36.3 Å². The number of hydrogen-bond acceptors (Lipinski definition) is 4. The number of hydrogen-bond donors (Lipinski definition) is 2. The van der Waals surface area contributed by atoms with E-state index in [0.29, 0.717) is 5.69 Å². The van der Waals surface area contributed by atoms with Crippen molar-refractivity contribution in [3.8, 4) is 0 Å². The van der Waals surface area contributed by atoms with Gasteiger partial charge in [-0.2, -0.15) is 10.2 Å². The number of rotatable bonds is 4. The Morgan fingerprint density at radius 3 is 2.63 bits per heavy atom. The van der Waals surface area contributed by atoms with E-state index in [-0.39, 0.29) is 6.04 Å². The fraction of sp³-hybridized carbons (Fsp3) is 0.538. The molecule has 3 N–H and O–H groups in total. The summed E-state index contributed by atoms with van der Waals surface area (Å²) in [4.78, 5) is 0. The molecular formula is C13H22N6. The van der Waals surface area contributed by atoms with Crippen molar-refractivity contribution in [2.75, 3.05) is 11.1 Å². The van der Waals surface area contributed by atoms with E-state index >= 15 is 0 Å². The van der Waals surface area contributed by atoms with E-state index in [1.165, 1.54) is 0 Å². The standard InChI is InChI=1S/C13H22N6/c1-6-10-11(7-18(5)17-10)15-13-12(14)9(4)16-19(13)8(2)3/h7-8,15H,6,14H2,1-5H3. The molecule has 6 heteroatoms. The van der Waals surface area contributed by atoms with E-state index in [4.69, 9.17) is 5.73 Å². The Balaban J connectivity index is 2.42. The molecule has 2 aromatic rings. The Morgan fingerprint density at radius 1 is 1.37 bits per heavy atom. The van der Waals surface area contributed by atoms with Crippen LogP contribution in [0, 0.1) is 6.92 Å². The van der Waals surface area contributed by atoms with Crippen LogP contribution >= 0.6 is 0 Å². The smallest absolute Gasteiger partial charge is 0.152 e. The Bertz CT molecular complexity index is 578. The molecule has 0 fully saturated rings. The fourth-order valence-electron chi connectivity index (χ4n) is 2.09. The highest BCUT2D eigenvalue weighted by molar-refractivity contribution is 5.72. The number of anilines is 3. The molecule has 19 heavy (non-hydrogen) atoms. The normalized spacial score (nSPS) is 11.3. The second kappa shape index (κ2) is 4.95. The molecule has 0 aromatic carbocycles. The molecular weight excluding hydrogens is 240 g/mol. The molecule has 0 atom stereocenters. The number of aryl methyl sites for hydroxylation is 3. The molecule has 104 valence electrons. The topological polar surface area (TPSA) is 73.7 Å². The van der Waals surface area contributed by atoms with Gasteiger partial charge in [0.05, 0.1) is 22.8 Å². The van der Waals surface area contributed by atoms with Crippen molar-refractivity contribution in [3.63, 3.8) is 0 Å². The van der Waals surface area contributed by atoms with E-state index in [9.17, 15) is 0 Å². The van der Waals surface area contributed by atoms with Gasteiger partial charge in [0.2, 0.25) is 0 Å². The van der Waals surface area contributed by atoms with Crippen LogP contribution in [0.3, 0.4) is 0 Å². The Morgan fingerprint density at radius 2 is 2.05 bits per heavy atom. The molecule has 0 unspecified atom stereocenters. The van der Waals surface area contributed by atoms with E-state index in [1.807, 2.05) is 24.9 Å². The van der Waals surface area contributed by atoms with Gasteiger partial charge in [-0.25, -0.2) is 4.68 Å². The van der Waals surface area contributed by atoms with Crippen LogP contribution in [0.5, 0.6) is 0 Å². The van der Waals surface area contributed by atoms with Crippen molar-refractivity contribution < 1.29 is 0 Å². The van der Waals surface area contributed by atoms with Crippen LogP contribution in [0.15, 0.2) is 6.20 Å². The van der Waals surface area contributed by atoms with Crippen LogP contribution in [0.2, 0.25) is 0 Å². The highest BCUT2D eigenvalue weighted by Gasteiger charge is 2.16. The second-order valence-electron chi connectivity index (χ2n) is 5.03. The van der Waals surface area contributed by atoms with Crippen LogP contribution in [0.25, 0.3) is 0 Å². The Hall–Kier alpha value is -1.98. The van der Waals surface area contributed by atoms with Gasteiger partial charge >= 0.3 is 0 Å². The van der Waals surface area contributed by atoms with Crippen LogP contribution in [-0.2, 0) is 13.5 Å². The third-order valence-corrected chi connectivity index (χ3v) is 3.11. The van der Waals surface area contributed by atoms with Gasteiger partial charge in [0.25, 0.3) is 0 Å². The number of aromatic nitrogens is 4. The number of nitrogens with one attached hydrogen (secondary N) is 1. The lowest BCUT2D eigenvalue weighted by Gasteiger charge is -2.13. The minimum atomic E-state index is 0.250. The lowest BCUT2D eigenvalue weighted by molar-refractivity contribution is 0.536. The molecule has 0 aliphatic heterocycles. The van der Waals surface area contributed by atoms with Crippen LogP contribution in [-0.4, -0.2) is 19.6 Å². The first-order valence-electron chi connectivity index (χ1n) is 6.58. The summed E-state index contributed by atoms with van der Waals surface area (Å²) in [6.07, 6.45) is 2.84. The van der Waals surface area contributed by atoms with Gasteiger partial charge in [-0.3, -0.25) is 4.68 Å². The largest absolute Gasteiger partial charge is 0.394 e. The first-order chi connectivity index (χ1) is 8.93. The van der Waals surface area contributed by atoms with E-state index in [0.717, 1.165) is 29.3 Å². The summed E-state index contributed by atoms with van der Waals surface area (Å²) >= 11 is 0. The molecule has 0 radical (unpaired) electrons. The zero-order valence-corrected chi connectivity index (χ0v) is 12.2. The number of nitrogen functional groups attached to an aromatic ring is 1. The maximum atomic E-state index is 6.11. The summed E-state index contributed by atoms with van der Waals surface area (Å²) in [5.41, 5.74) is 9.66. The summed E-state index contributed by atoms with van der Waals surface area (Å²) in [5, 5.41) is 12.3. The molecule has 2 aromatic heterocycles. The predicted molar refractivity (Wildman–Crippen MR) is 77.6 cm³/mol. The first-order valence-corrected chi connectivity index (χ1v) is 6.58. The monoisotopic (exact) mass is 262 g/mol. The molecule has 6 nitrogen and oxygen atoms in total. The average Bonchev–Trinajstić information content (AvgIpc) is 2.84. The van der Waals surface area contributed by atoms with Crippen molar-refractivity contribution in [3.05, 3.63) is 17.6 Å². The summed E-state index contributed by atoms with van der Waals surface area (Å²) in [7, 11) is 1.92. The second-order valence-corrected chi connectivity index (χ2v) is 5.03. The highest BCUT2D eigenvalue weighted by Crippen LogP contribution is 2.29. The SMILES string of the molecule is CCc1nn(C)cc1Nc1c(N)c(C)nn1C(C)C. The molecule has 2 heterocycles. The number of nitrogens with two attached hydrogens (primary N) is 1. The van der Waals surface area contributed by atoms with E-state index in [1.54, 1.807) is 4.68 Å². The van der Waals surface area contributed by atoms with Crippen LogP contribution in [0.4, 0.5) is 17.2 Å². The molecule has 0 aliphatic rings. The van der Waals surface area contributed by atoms with Crippen molar-refractivity contribution in [1.82, 2.24) is 19.6 Å². The van der Waals surface area contributed by atoms with Gasteiger partial charge < -0.3 is 11.1 Å². The summed E-state index contributed by atoms with van der Waals surface area (Å²) < 4.78 is 3.72. The Kier molecular flexibility index (Phi) is 3.50. The van der Waals surface area contributed by atoms with Crippen LogP contribution in [0.1, 0.15) is 38.2 Å². The van der Waals surface area contributed by atoms with Gasteiger partial charge in [0.1, 0.15) is 0 Å². The summed E-state index contributed by atoms with van der Waals surface area (Å²) in [5.74, 6) is 0.843. The van der Waals surface area contributed by atoms with Gasteiger partial charge in [0.15, 0.2) is 5.82 Å². The highest BCUT2D eigenvalue weighted by atomic mass is 15.4. The quantitative estimate of drug-likeness (QED) is 0.887. The maximum Gasteiger partial charge on any atom is 0.152 e. The summed E-state index contributed by atoms with van der Waals surface area (Å²) in [6.45, 7) is 8.17.